The summed E-state index contributed by atoms with van der Waals surface area (Å²) >= 11 is 0. The number of carbonyl (C=O) groups is 2. The molecule has 0 spiro atoms. The Hall–Kier alpha value is -3.18. The van der Waals surface area contributed by atoms with Gasteiger partial charge in [0, 0.05) is 29.3 Å². The van der Waals surface area contributed by atoms with Gasteiger partial charge in [-0.2, -0.15) is 0 Å². The molecule has 162 valence electrons. The number of nitrogens with one attached hydrogen (secondary N) is 3. The zero-order chi connectivity index (χ0) is 22.2. The summed E-state index contributed by atoms with van der Waals surface area (Å²) in [6.07, 6.45) is 2.69. The van der Waals surface area contributed by atoms with Gasteiger partial charge in [0.1, 0.15) is 6.04 Å². The number of hydrogen-bond donors (Lipinski definition) is 5. The minimum absolute atomic E-state index is 0.310. The number of aliphatic hydroxyl groups excluding tert-OH is 1. The molecule has 0 aliphatic heterocycles. The number of aliphatic hydroxyl groups is 1. The summed E-state index contributed by atoms with van der Waals surface area (Å²) in [5, 5.41) is 24.3. The summed E-state index contributed by atoms with van der Waals surface area (Å²) in [6.45, 7) is 2.22. The fraction of sp³-hybridized carbons (Fsp3) is 0.333. The van der Waals surface area contributed by atoms with E-state index in [2.05, 4.69) is 34.6 Å². The topological polar surface area (TPSA) is 111 Å². The molecule has 7 nitrogen and oxygen atoms in total. The fourth-order valence-corrected chi connectivity index (χ4v) is 3.13. The molecule has 0 aromatic heterocycles. The van der Waals surface area contributed by atoms with Crippen molar-refractivity contribution in [1.29, 1.82) is 0 Å². The maximum Gasteiger partial charge on any atom is 0.268 e. The van der Waals surface area contributed by atoms with Crippen LogP contribution in [-0.2, 0) is 11.3 Å². The van der Waals surface area contributed by atoms with Crippen molar-refractivity contribution in [2.24, 2.45) is 0 Å². The lowest BCUT2D eigenvalue weighted by atomic mass is 9.93. The van der Waals surface area contributed by atoms with Crippen LogP contribution < -0.4 is 16.1 Å². The molecule has 1 saturated carbocycles. The largest absolute Gasteiger partial charge is 0.391 e. The SMILES string of the molecule is C[C@@H](O)[C@H](NC(=O)c1ccc(C#Cc2ccc(CNC3CCC3)cc2)cc1)C(=O)NO. The van der Waals surface area contributed by atoms with Crippen LogP contribution in [0.25, 0.3) is 0 Å². The van der Waals surface area contributed by atoms with Gasteiger partial charge >= 0.3 is 0 Å². The molecule has 0 heterocycles. The highest BCUT2D eigenvalue weighted by atomic mass is 16.5. The van der Waals surface area contributed by atoms with Gasteiger partial charge in [-0.1, -0.05) is 30.4 Å². The molecule has 7 heteroatoms. The van der Waals surface area contributed by atoms with Gasteiger partial charge in [0.05, 0.1) is 6.10 Å². The van der Waals surface area contributed by atoms with Crippen LogP contribution in [0.5, 0.6) is 0 Å². The molecule has 31 heavy (non-hydrogen) atoms. The van der Waals surface area contributed by atoms with Crippen molar-refractivity contribution in [3.05, 3.63) is 70.8 Å². The zero-order valence-electron chi connectivity index (χ0n) is 17.4. The van der Waals surface area contributed by atoms with Crippen molar-refractivity contribution in [1.82, 2.24) is 16.1 Å². The third-order valence-corrected chi connectivity index (χ3v) is 5.31. The molecule has 2 atom stereocenters. The molecule has 0 saturated heterocycles. The van der Waals surface area contributed by atoms with E-state index < -0.39 is 24.0 Å². The third-order valence-electron chi connectivity index (χ3n) is 5.31. The summed E-state index contributed by atoms with van der Waals surface area (Å²) in [5.74, 6) is 4.74. The van der Waals surface area contributed by atoms with E-state index in [-0.39, 0.29) is 0 Å². The second-order valence-electron chi connectivity index (χ2n) is 7.70. The van der Waals surface area contributed by atoms with E-state index in [0.717, 1.165) is 17.7 Å². The number of amides is 2. The molecule has 1 aliphatic rings. The second-order valence-corrected chi connectivity index (χ2v) is 7.70. The van der Waals surface area contributed by atoms with Crippen LogP contribution >= 0.6 is 0 Å². The molecule has 2 aromatic rings. The Morgan fingerprint density at radius 2 is 1.61 bits per heavy atom. The Labute approximate surface area is 181 Å². The Kier molecular flexibility index (Phi) is 7.79. The lowest BCUT2D eigenvalue weighted by Crippen LogP contribution is -2.51. The summed E-state index contributed by atoms with van der Waals surface area (Å²) < 4.78 is 0. The number of hydroxylamine groups is 1. The van der Waals surface area contributed by atoms with E-state index in [1.165, 1.54) is 37.2 Å². The molecule has 5 N–H and O–H groups in total. The first kappa shape index (κ1) is 22.5. The predicted octanol–water partition coefficient (Wildman–Crippen LogP) is 1.71. The van der Waals surface area contributed by atoms with Gasteiger partial charge in [-0.25, -0.2) is 5.48 Å². The van der Waals surface area contributed by atoms with Crippen molar-refractivity contribution >= 4 is 11.8 Å². The summed E-state index contributed by atoms with van der Waals surface area (Å²) in [5.41, 5.74) is 4.62. The van der Waals surface area contributed by atoms with Crippen molar-refractivity contribution < 1.29 is 19.9 Å². The van der Waals surface area contributed by atoms with Crippen LogP contribution in [-0.4, -0.2) is 40.3 Å². The first-order chi connectivity index (χ1) is 15.0. The van der Waals surface area contributed by atoms with E-state index in [4.69, 9.17) is 5.21 Å². The van der Waals surface area contributed by atoms with Crippen LogP contribution in [0.15, 0.2) is 48.5 Å². The van der Waals surface area contributed by atoms with Crippen LogP contribution in [0, 0.1) is 11.8 Å². The molecule has 3 rings (SSSR count). The third kappa shape index (κ3) is 6.40. The Balaban J connectivity index is 1.57. The maximum atomic E-state index is 12.3. The monoisotopic (exact) mass is 421 g/mol. The average Bonchev–Trinajstić information content (AvgIpc) is 2.75. The van der Waals surface area contributed by atoms with Gasteiger partial charge in [-0.3, -0.25) is 14.8 Å². The average molecular weight is 421 g/mol. The first-order valence-electron chi connectivity index (χ1n) is 10.3. The van der Waals surface area contributed by atoms with Gasteiger partial charge in [-0.15, -0.1) is 0 Å². The zero-order valence-corrected chi connectivity index (χ0v) is 17.4. The van der Waals surface area contributed by atoms with Gasteiger partial charge in [0.2, 0.25) is 0 Å². The predicted molar refractivity (Wildman–Crippen MR) is 116 cm³/mol. The first-order valence-corrected chi connectivity index (χ1v) is 10.3. The van der Waals surface area contributed by atoms with Crippen molar-refractivity contribution in [3.63, 3.8) is 0 Å². The van der Waals surface area contributed by atoms with Crippen molar-refractivity contribution in [3.8, 4) is 11.8 Å². The van der Waals surface area contributed by atoms with E-state index in [1.807, 2.05) is 12.1 Å². The molecule has 1 aliphatic carbocycles. The summed E-state index contributed by atoms with van der Waals surface area (Å²) in [7, 11) is 0. The molecule has 1 fully saturated rings. The van der Waals surface area contributed by atoms with Crippen molar-refractivity contribution in [2.75, 3.05) is 0 Å². The van der Waals surface area contributed by atoms with Crippen LogP contribution in [0.3, 0.4) is 0 Å². The maximum absolute atomic E-state index is 12.3. The molecular weight excluding hydrogens is 394 g/mol. The normalized spacial score (nSPS) is 15.1. The van der Waals surface area contributed by atoms with Crippen LogP contribution in [0.1, 0.15) is 53.2 Å². The molecule has 0 bridgehead atoms. The highest BCUT2D eigenvalue weighted by molar-refractivity contribution is 5.97. The van der Waals surface area contributed by atoms with E-state index in [9.17, 15) is 14.7 Å². The van der Waals surface area contributed by atoms with Gasteiger partial charge < -0.3 is 15.7 Å². The molecule has 0 unspecified atom stereocenters. The molecule has 0 radical (unpaired) electrons. The van der Waals surface area contributed by atoms with E-state index >= 15 is 0 Å². The fourth-order valence-electron chi connectivity index (χ4n) is 3.13. The lowest BCUT2D eigenvalue weighted by molar-refractivity contribution is -0.133. The highest BCUT2D eigenvalue weighted by Gasteiger charge is 2.25. The Morgan fingerprint density at radius 1 is 1.03 bits per heavy atom. The lowest BCUT2D eigenvalue weighted by Gasteiger charge is -2.26. The number of benzene rings is 2. The smallest absolute Gasteiger partial charge is 0.268 e. The minimum atomic E-state index is -1.26. The number of carbonyl (C=O) groups excluding carboxylic acids is 2. The highest BCUT2D eigenvalue weighted by Crippen LogP contribution is 2.18. The Morgan fingerprint density at radius 3 is 2.10 bits per heavy atom. The molecule has 2 amide bonds. The van der Waals surface area contributed by atoms with Gasteiger partial charge in [0.15, 0.2) is 0 Å². The van der Waals surface area contributed by atoms with Gasteiger partial charge in [-0.05, 0) is 61.7 Å². The quantitative estimate of drug-likeness (QED) is 0.266. The summed E-state index contributed by atoms with van der Waals surface area (Å²) in [4.78, 5) is 23.8. The minimum Gasteiger partial charge on any atom is -0.391 e. The van der Waals surface area contributed by atoms with E-state index in [1.54, 1.807) is 24.3 Å². The molecule has 2 aromatic carbocycles. The van der Waals surface area contributed by atoms with E-state index in [0.29, 0.717) is 11.6 Å². The van der Waals surface area contributed by atoms with Gasteiger partial charge in [0.25, 0.3) is 11.8 Å². The van der Waals surface area contributed by atoms with Crippen LogP contribution in [0.2, 0.25) is 0 Å². The number of rotatable bonds is 7. The second kappa shape index (κ2) is 10.7. The van der Waals surface area contributed by atoms with Crippen molar-refractivity contribution in [2.45, 2.75) is 50.9 Å². The standard InChI is InChI=1S/C24H27N3O4/c1-16(28)22(24(30)27-31)26-23(29)20-13-11-18(12-14-20)6-5-17-7-9-19(10-8-17)15-25-21-3-2-4-21/h7-14,16,21-22,25,28,31H,2-4,15H2,1H3,(H,26,29)(H,27,30)/t16-,22+/m1/s1. The Bertz CT molecular complexity index is 955. The van der Waals surface area contributed by atoms with Crippen LogP contribution in [0.4, 0.5) is 0 Å². The summed E-state index contributed by atoms with van der Waals surface area (Å²) in [6, 6.07) is 14.1. The molecular formula is C24H27N3O4. The number of hydrogen-bond acceptors (Lipinski definition) is 5.